The third-order valence-corrected chi connectivity index (χ3v) is 4.64. The van der Waals surface area contributed by atoms with Gasteiger partial charge in [0.2, 0.25) is 0 Å². The Hall–Kier alpha value is -0.410. The highest BCUT2D eigenvalue weighted by molar-refractivity contribution is 7.09. The Morgan fingerprint density at radius 2 is 1.72 bits per heavy atom. The summed E-state index contributed by atoms with van der Waals surface area (Å²) in [5.41, 5.74) is 8.47. The van der Waals surface area contributed by atoms with Gasteiger partial charge in [0, 0.05) is 17.3 Å². The van der Waals surface area contributed by atoms with Crippen molar-refractivity contribution in [1.82, 2.24) is 4.98 Å². The monoisotopic (exact) mass is 266 g/mol. The molecule has 0 aliphatic heterocycles. The summed E-state index contributed by atoms with van der Waals surface area (Å²) in [6.07, 6.45) is 4.37. The zero-order valence-corrected chi connectivity index (χ0v) is 13.2. The van der Waals surface area contributed by atoms with Gasteiger partial charge in [-0.05, 0) is 37.0 Å². The Morgan fingerprint density at radius 3 is 2.17 bits per heavy atom. The van der Waals surface area contributed by atoms with Gasteiger partial charge in [0.15, 0.2) is 0 Å². The van der Waals surface area contributed by atoms with Crippen LogP contribution in [0.15, 0.2) is 5.38 Å². The number of thiazole rings is 1. The number of rotatable bonds is 2. The molecule has 0 saturated heterocycles. The zero-order valence-electron chi connectivity index (χ0n) is 12.3. The average Bonchev–Trinajstić information content (AvgIpc) is 2.42. The summed E-state index contributed by atoms with van der Waals surface area (Å²) < 4.78 is 0. The minimum Gasteiger partial charge on any atom is -0.325 e. The summed E-state index contributed by atoms with van der Waals surface area (Å²) in [4.78, 5) is 4.58. The standard InChI is InChI=1S/C15H26N2S/c1-11-17-12(7-18-11)6-15(16)9-13(2,3)8-14(4,5)10-15/h7H,6,8-10,16H2,1-5H3. The number of hydrogen-bond donors (Lipinski definition) is 1. The van der Waals surface area contributed by atoms with E-state index in [-0.39, 0.29) is 5.54 Å². The van der Waals surface area contributed by atoms with Crippen LogP contribution in [-0.4, -0.2) is 10.5 Å². The Balaban J connectivity index is 2.19. The number of aryl methyl sites for hydroxylation is 1. The molecule has 1 aromatic rings. The number of nitrogens with zero attached hydrogens (tertiary/aromatic N) is 1. The number of nitrogens with two attached hydrogens (primary N) is 1. The van der Waals surface area contributed by atoms with Gasteiger partial charge in [-0.3, -0.25) is 0 Å². The second-order valence-corrected chi connectivity index (χ2v) is 8.82. The first-order valence-corrected chi connectivity index (χ1v) is 7.67. The van der Waals surface area contributed by atoms with E-state index in [2.05, 4.69) is 45.0 Å². The lowest BCUT2D eigenvalue weighted by Gasteiger charge is -2.50. The van der Waals surface area contributed by atoms with Gasteiger partial charge in [-0.15, -0.1) is 11.3 Å². The van der Waals surface area contributed by atoms with Crippen molar-refractivity contribution < 1.29 is 0 Å². The van der Waals surface area contributed by atoms with Crippen LogP contribution in [0.2, 0.25) is 0 Å². The molecule has 0 atom stereocenters. The number of hydrogen-bond acceptors (Lipinski definition) is 3. The maximum Gasteiger partial charge on any atom is 0.0897 e. The van der Waals surface area contributed by atoms with E-state index >= 15 is 0 Å². The van der Waals surface area contributed by atoms with Crippen LogP contribution < -0.4 is 5.73 Å². The summed E-state index contributed by atoms with van der Waals surface area (Å²) in [7, 11) is 0. The van der Waals surface area contributed by atoms with Crippen LogP contribution in [0.5, 0.6) is 0 Å². The average molecular weight is 266 g/mol. The van der Waals surface area contributed by atoms with Crippen molar-refractivity contribution >= 4 is 11.3 Å². The molecule has 0 spiro atoms. The fourth-order valence-corrected chi connectivity index (χ4v) is 4.98. The quantitative estimate of drug-likeness (QED) is 0.881. The van der Waals surface area contributed by atoms with E-state index in [1.54, 1.807) is 11.3 Å². The minimum absolute atomic E-state index is 0.0915. The lowest BCUT2D eigenvalue weighted by Crippen LogP contribution is -2.53. The molecule has 1 aliphatic carbocycles. The van der Waals surface area contributed by atoms with E-state index in [4.69, 9.17) is 5.73 Å². The molecule has 0 bridgehead atoms. The lowest BCUT2D eigenvalue weighted by molar-refractivity contribution is 0.0483. The van der Waals surface area contributed by atoms with Crippen molar-refractivity contribution in [2.75, 3.05) is 0 Å². The molecule has 1 saturated carbocycles. The Labute approximate surface area is 115 Å². The van der Waals surface area contributed by atoms with Gasteiger partial charge in [0.1, 0.15) is 0 Å². The predicted octanol–water partition coefficient (Wildman–Crippen LogP) is 3.93. The van der Waals surface area contributed by atoms with Gasteiger partial charge in [-0.2, -0.15) is 0 Å². The van der Waals surface area contributed by atoms with E-state index < -0.39 is 0 Å². The lowest BCUT2D eigenvalue weighted by atomic mass is 9.58. The molecule has 2 N–H and O–H groups in total. The van der Waals surface area contributed by atoms with Gasteiger partial charge < -0.3 is 5.73 Å². The van der Waals surface area contributed by atoms with Crippen molar-refractivity contribution in [1.29, 1.82) is 0 Å². The molecule has 0 amide bonds. The van der Waals surface area contributed by atoms with E-state index in [0.717, 1.165) is 24.3 Å². The Kier molecular flexibility index (Phi) is 3.35. The highest BCUT2D eigenvalue weighted by atomic mass is 32.1. The van der Waals surface area contributed by atoms with E-state index in [9.17, 15) is 0 Å². The first-order valence-electron chi connectivity index (χ1n) is 6.79. The predicted molar refractivity (Wildman–Crippen MR) is 78.9 cm³/mol. The first-order chi connectivity index (χ1) is 8.09. The van der Waals surface area contributed by atoms with Crippen molar-refractivity contribution in [2.24, 2.45) is 16.6 Å². The molecule has 0 aromatic carbocycles. The van der Waals surface area contributed by atoms with E-state index in [0.29, 0.717) is 10.8 Å². The SMILES string of the molecule is Cc1nc(CC2(N)CC(C)(C)CC(C)(C)C2)cs1. The van der Waals surface area contributed by atoms with Crippen LogP contribution in [0.1, 0.15) is 57.7 Å². The van der Waals surface area contributed by atoms with Gasteiger partial charge >= 0.3 is 0 Å². The van der Waals surface area contributed by atoms with Crippen molar-refractivity contribution in [3.05, 3.63) is 16.1 Å². The van der Waals surface area contributed by atoms with Crippen LogP contribution in [0.25, 0.3) is 0 Å². The molecule has 3 heteroatoms. The molecule has 2 rings (SSSR count). The van der Waals surface area contributed by atoms with Crippen LogP contribution in [0.4, 0.5) is 0 Å². The third kappa shape index (κ3) is 3.33. The molecule has 1 aromatic heterocycles. The van der Waals surface area contributed by atoms with Crippen LogP contribution in [0.3, 0.4) is 0 Å². The van der Waals surface area contributed by atoms with Gasteiger partial charge in [0.25, 0.3) is 0 Å². The topological polar surface area (TPSA) is 38.9 Å². The van der Waals surface area contributed by atoms with Crippen LogP contribution in [-0.2, 0) is 6.42 Å². The first kappa shape index (κ1) is 14.0. The summed E-state index contributed by atoms with van der Waals surface area (Å²) in [6, 6.07) is 0. The summed E-state index contributed by atoms with van der Waals surface area (Å²) in [5.74, 6) is 0. The highest BCUT2D eigenvalue weighted by Gasteiger charge is 2.45. The van der Waals surface area contributed by atoms with Gasteiger partial charge in [-0.1, -0.05) is 27.7 Å². The summed E-state index contributed by atoms with van der Waals surface area (Å²) in [5, 5.41) is 3.31. The molecule has 2 nitrogen and oxygen atoms in total. The molecule has 0 unspecified atom stereocenters. The van der Waals surface area contributed by atoms with Gasteiger partial charge in [0.05, 0.1) is 10.7 Å². The molecule has 1 fully saturated rings. The van der Waals surface area contributed by atoms with E-state index in [1.807, 2.05) is 0 Å². The second-order valence-electron chi connectivity index (χ2n) is 7.76. The minimum atomic E-state index is -0.0915. The Bertz CT molecular complexity index is 415. The fourth-order valence-electron chi connectivity index (χ4n) is 4.36. The maximum absolute atomic E-state index is 6.72. The van der Waals surface area contributed by atoms with E-state index in [1.165, 1.54) is 12.1 Å². The van der Waals surface area contributed by atoms with Crippen molar-refractivity contribution in [3.63, 3.8) is 0 Å². The van der Waals surface area contributed by atoms with Crippen LogP contribution >= 0.6 is 11.3 Å². The smallest absolute Gasteiger partial charge is 0.0897 e. The molecule has 102 valence electrons. The molecule has 1 aliphatic rings. The van der Waals surface area contributed by atoms with Gasteiger partial charge in [-0.25, -0.2) is 4.98 Å². The Morgan fingerprint density at radius 1 is 1.17 bits per heavy atom. The van der Waals surface area contributed by atoms with Crippen molar-refractivity contribution in [3.8, 4) is 0 Å². The van der Waals surface area contributed by atoms with Crippen LogP contribution in [0, 0.1) is 17.8 Å². The zero-order chi connectivity index (χ0) is 13.6. The fraction of sp³-hybridized carbons (Fsp3) is 0.800. The molecule has 18 heavy (non-hydrogen) atoms. The largest absolute Gasteiger partial charge is 0.325 e. The summed E-state index contributed by atoms with van der Waals surface area (Å²) >= 11 is 1.72. The number of aromatic nitrogens is 1. The molecular weight excluding hydrogens is 240 g/mol. The summed E-state index contributed by atoms with van der Waals surface area (Å²) in [6.45, 7) is 11.5. The molecule has 0 radical (unpaired) electrons. The molecular formula is C15H26N2S. The highest BCUT2D eigenvalue weighted by Crippen LogP contribution is 2.50. The third-order valence-electron chi connectivity index (χ3n) is 3.82. The van der Waals surface area contributed by atoms with Crippen molar-refractivity contribution in [2.45, 2.75) is 65.8 Å². The normalized spacial score (nSPS) is 25.0. The molecule has 1 heterocycles. The second kappa shape index (κ2) is 4.31. The maximum atomic E-state index is 6.72.